The number of aliphatic hydroxyl groups is 1. The summed E-state index contributed by atoms with van der Waals surface area (Å²) >= 11 is 1.46. The molecule has 0 spiro atoms. The minimum Gasteiger partial charge on any atom is -0.488 e. The number of halogens is 1. The quantitative estimate of drug-likeness (QED) is 0.458. The van der Waals surface area contributed by atoms with Gasteiger partial charge in [0.05, 0.1) is 22.6 Å². The molecule has 1 unspecified atom stereocenters. The van der Waals surface area contributed by atoms with Crippen molar-refractivity contribution in [3.05, 3.63) is 45.9 Å². The number of allylic oxidation sites excluding steroid dienone is 1. The largest absolute Gasteiger partial charge is 0.488 e. The van der Waals surface area contributed by atoms with Crippen molar-refractivity contribution in [3.63, 3.8) is 0 Å². The van der Waals surface area contributed by atoms with Crippen molar-refractivity contribution in [2.24, 2.45) is 17.3 Å². The lowest BCUT2D eigenvalue weighted by molar-refractivity contribution is -0.137. The minimum atomic E-state index is -0.964. The Bertz CT molecular complexity index is 886. The number of carbonyl (C=O) groups is 1. The number of thiazole rings is 1. The summed E-state index contributed by atoms with van der Waals surface area (Å²) in [5.41, 5.74) is 0.809. The second-order valence-electron chi connectivity index (χ2n) is 10.2. The van der Waals surface area contributed by atoms with E-state index in [1.807, 2.05) is 19.9 Å². The number of Topliss-reactive ketones (excluding diaryl/α,β-unsaturated/α-hetero) is 1. The van der Waals surface area contributed by atoms with Crippen LogP contribution in [0.5, 0.6) is 0 Å². The fourth-order valence-electron chi connectivity index (χ4n) is 4.39. The lowest BCUT2D eigenvalue weighted by Gasteiger charge is -2.33. The van der Waals surface area contributed by atoms with Crippen LogP contribution in [0.1, 0.15) is 83.8 Å². The predicted molar refractivity (Wildman–Crippen MR) is 135 cm³/mol. The van der Waals surface area contributed by atoms with E-state index in [-0.39, 0.29) is 23.9 Å². The van der Waals surface area contributed by atoms with Gasteiger partial charge in [-0.2, -0.15) is 0 Å². The van der Waals surface area contributed by atoms with Gasteiger partial charge in [0.2, 0.25) is 0 Å². The van der Waals surface area contributed by atoms with Crippen LogP contribution in [0, 0.1) is 24.2 Å². The van der Waals surface area contributed by atoms with E-state index in [9.17, 15) is 9.90 Å². The molecule has 1 aromatic rings. The molecule has 0 amide bonds. The first kappa shape index (κ1) is 27.5. The zero-order valence-corrected chi connectivity index (χ0v) is 21.8. The first-order chi connectivity index (χ1) is 15.4. The van der Waals surface area contributed by atoms with Gasteiger partial charge in [0.15, 0.2) is 6.10 Å². The number of rotatable bonds is 2. The Kier molecular flexibility index (Phi) is 10.0. The molecule has 4 atom stereocenters. The van der Waals surface area contributed by atoms with Crippen LogP contribution in [0.4, 0.5) is 4.39 Å². The van der Waals surface area contributed by atoms with Crippen LogP contribution < -0.4 is 0 Å². The van der Waals surface area contributed by atoms with Gasteiger partial charge in [-0.05, 0) is 39.0 Å². The highest BCUT2D eigenvalue weighted by atomic mass is 32.1. The van der Waals surface area contributed by atoms with Crippen LogP contribution >= 0.6 is 11.3 Å². The number of aryl methyl sites for hydroxylation is 1. The van der Waals surface area contributed by atoms with Crippen LogP contribution in [0.15, 0.2) is 35.2 Å². The van der Waals surface area contributed by atoms with Gasteiger partial charge in [-0.15, -0.1) is 11.3 Å². The third-order valence-corrected chi connectivity index (χ3v) is 7.37. The summed E-state index contributed by atoms with van der Waals surface area (Å²) in [5, 5.41) is 13.6. The van der Waals surface area contributed by atoms with E-state index in [1.54, 1.807) is 19.2 Å². The molecule has 2 rings (SSSR count). The van der Waals surface area contributed by atoms with Gasteiger partial charge >= 0.3 is 0 Å². The standard InChI is InChI=1S/C27H40FNO3S/c1-17-9-8-10-18(2)13-19(3)26(31)27(6,7)25(30)14-20(4)32-24(12-11-17)23(28)15-22-16-33-21(5)29-22/h11,15-16,18-19,24-25,30H,4,8-10,12-14H2,1-3,5-7H3/b17-11+,23-15-/t18-,19+,24?,25-/m0/s1. The summed E-state index contributed by atoms with van der Waals surface area (Å²) in [7, 11) is 0. The third kappa shape index (κ3) is 8.18. The molecular formula is C27H40FNO3S. The van der Waals surface area contributed by atoms with Crippen molar-refractivity contribution in [2.45, 2.75) is 92.3 Å². The summed E-state index contributed by atoms with van der Waals surface area (Å²) in [6.45, 7) is 15.5. The molecule has 0 saturated carbocycles. The highest BCUT2D eigenvalue weighted by Gasteiger charge is 2.39. The first-order valence-corrected chi connectivity index (χ1v) is 12.8. The summed E-state index contributed by atoms with van der Waals surface area (Å²) in [6.07, 6.45) is 5.83. The lowest BCUT2D eigenvalue weighted by Crippen LogP contribution is -2.41. The summed E-state index contributed by atoms with van der Waals surface area (Å²) in [6, 6.07) is 0. The molecule has 4 nitrogen and oxygen atoms in total. The highest BCUT2D eigenvalue weighted by Crippen LogP contribution is 2.33. The number of ketones is 1. The Balaban J connectivity index is 2.29. The Labute approximate surface area is 202 Å². The van der Waals surface area contributed by atoms with Crippen molar-refractivity contribution >= 4 is 23.2 Å². The van der Waals surface area contributed by atoms with Crippen molar-refractivity contribution in [3.8, 4) is 0 Å². The molecule has 0 bridgehead atoms. The molecule has 6 heteroatoms. The fourth-order valence-corrected chi connectivity index (χ4v) is 4.96. The Hall–Kier alpha value is -1.79. The lowest BCUT2D eigenvalue weighted by atomic mass is 9.74. The van der Waals surface area contributed by atoms with Gasteiger partial charge in [0, 0.05) is 35.6 Å². The van der Waals surface area contributed by atoms with Crippen LogP contribution in [-0.4, -0.2) is 28.1 Å². The number of nitrogens with zero attached hydrogens (tertiary/aromatic N) is 1. The van der Waals surface area contributed by atoms with E-state index < -0.39 is 23.4 Å². The van der Waals surface area contributed by atoms with Gasteiger partial charge in [-0.1, -0.05) is 52.3 Å². The zero-order chi connectivity index (χ0) is 24.8. The van der Waals surface area contributed by atoms with Gasteiger partial charge in [-0.3, -0.25) is 4.79 Å². The predicted octanol–water partition coefficient (Wildman–Crippen LogP) is 7.19. The Morgan fingerprint density at radius 1 is 1.36 bits per heavy atom. The zero-order valence-electron chi connectivity index (χ0n) is 21.0. The van der Waals surface area contributed by atoms with Crippen molar-refractivity contribution in [2.75, 3.05) is 0 Å². The van der Waals surface area contributed by atoms with Crippen LogP contribution in [-0.2, 0) is 9.53 Å². The third-order valence-electron chi connectivity index (χ3n) is 6.58. The first-order valence-electron chi connectivity index (χ1n) is 11.9. The molecule has 0 aromatic carbocycles. The van der Waals surface area contributed by atoms with E-state index in [0.717, 1.165) is 30.7 Å². The maximum atomic E-state index is 15.2. The fraction of sp³-hybridized carbons (Fsp3) is 0.630. The molecule has 1 aliphatic heterocycles. The van der Waals surface area contributed by atoms with Crippen molar-refractivity contribution in [1.82, 2.24) is 4.98 Å². The summed E-state index contributed by atoms with van der Waals surface area (Å²) < 4.78 is 21.1. The molecule has 1 N–H and O–H groups in total. The summed E-state index contributed by atoms with van der Waals surface area (Å²) in [5.74, 6) is 0.159. The van der Waals surface area contributed by atoms with E-state index >= 15 is 4.39 Å². The number of hydrogen-bond acceptors (Lipinski definition) is 5. The topological polar surface area (TPSA) is 59.4 Å². The Morgan fingerprint density at radius 2 is 2.06 bits per heavy atom. The number of aliphatic hydroxyl groups excluding tert-OH is 1. The number of hydrogen-bond donors (Lipinski definition) is 1. The van der Waals surface area contributed by atoms with Crippen LogP contribution in [0.2, 0.25) is 0 Å². The summed E-state index contributed by atoms with van der Waals surface area (Å²) in [4.78, 5) is 17.4. The van der Waals surface area contributed by atoms with Crippen LogP contribution in [0.3, 0.4) is 0 Å². The van der Waals surface area contributed by atoms with Gasteiger partial charge in [0.1, 0.15) is 11.6 Å². The molecule has 184 valence electrons. The maximum absolute atomic E-state index is 15.2. The molecule has 2 heterocycles. The second kappa shape index (κ2) is 12.1. The van der Waals surface area contributed by atoms with Gasteiger partial charge in [-0.25, -0.2) is 9.37 Å². The molecule has 1 aromatic heterocycles. The molecule has 1 aliphatic rings. The van der Waals surface area contributed by atoms with Crippen molar-refractivity contribution < 1.29 is 19.0 Å². The molecule has 0 saturated heterocycles. The SMILES string of the molecule is C=C1C[C@H](O)C(C)(C)C(=O)[C@H](C)C[C@@H](C)CCC/C(C)=C/CC(/C(F)=C/c2csc(C)n2)O1. The van der Waals surface area contributed by atoms with E-state index in [4.69, 9.17) is 4.74 Å². The smallest absolute Gasteiger partial charge is 0.153 e. The van der Waals surface area contributed by atoms with E-state index in [2.05, 4.69) is 25.4 Å². The molecule has 0 radical (unpaired) electrons. The Morgan fingerprint density at radius 3 is 2.70 bits per heavy atom. The molecule has 0 aliphatic carbocycles. The number of carbonyl (C=O) groups excluding carboxylic acids is 1. The normalized spacial score (nSPS) is 30.4. The highest BCUT2D eigenvalue weighted by molar-refractivity contribution is 7.09. The minimum absolute atomic E-state index is 0.0411. The number of aromatic nitrogens is 1. The number of ether oxygens (including phenoxy) is 1. The molecular weight excluding hydrogens is 437 g/mol. The maximum Gasteiger partial charge on any atom is 0.153 e. The molecule has 33 heavy (non-hydrogen) atoms. The second-order valence-corrected chi connectivity index (χ2v) is 11.3. The average molecular weight is 478 g/mol. The van der Waals surface area contributed by atoms with Crippen molar-refractivity contribution in [1.29, 1.82) is 0 Å². The monoisotopic (exact) mass is 477 g/mol. The van der Waals surface area contributed by atoms with Gasteiger partial charge in [0.25, 0.3) is 0 Å². The van der Waals surface area contributed by atoms with E-state index in [0.29, 0.717) is 18.0 Å². The van der Waals surface area contributed by atoms with E-state index in [1.165, 1.54) is 23.0 Å². The average Bonchev–Trinajstić information content (AvgIpc) is 3.13. The van der Waals surface area contributed by atoms with Crippen LogP contribution in [0.25, 0.3) is 6.08 Å². The molecule has 0 fully saturated rings. The van der Waals surface area contributed by atoms with Gasteiger partial charge < -0.3 is 9.84 Å².